The second kappa shape index (κ2) is 9.86. The second-order valence-corrected chi connectivity index (χ2v) is 8.23. The SMILES string of the molecule is COc1cc2c(=O)c(-c3ccc4c(c3)OCO4)coc2cc1OCC=C(C)CCC=C(C)C. The summed E-state index contributed by atoms with van der Waals surface area (Å²) in [6.45, 7) is 6.88. The normalized spacial score (nSPS) is 12.7. The summed E-state index contributed by atoms with van der Waals surface area (Å²) in [6, 6.07) is 8.74. The molecule has 6 heteroatoms. The van der Waals surface area contributed by atoms with Crippen molar-refractivity contribution in [1.82, 2.24) is 0 Å². The molecule has 1 aliphatic rings. The first kappa shape index (κ1) is 22.5. The highest BCUT2D eigenvalue weighted by molar-refractivity contribution is 5.85. The van der Waals surface area contributed by atoms with E-state index in [1.165, 1.54) is 17.4 Å². The zero-order valence-corrected chi connectivity index (χ0v) is 19.4. The van der Waals surface area contributed by atoms with Crippen LogP contribution < -0.4 is 24.4 Å². The van der Waals surface area contributed by atoms with Crippen molar-refractivity contribution in [3.63, 3.8) is 0 Å². The van der Waals surface area contributed by atoms with Gasteiger partial charge in [-0.05, 0) is 63.5 Å². The van der Waals surface area contributed by atoms with Gasteiger partial charge in [0.2, 0.25) is 12.2 Å². The Kier molecular flexibility index (Phi) is 6.73. The summed E-state index contributed by atoms with van der Waals surface area (Å²) in [5.41, 5.74) is 3.99. The minimum atomic E-state index is -0.157. The fraction of sp³-hybridized carbons (Fsp3) is 0.296. The highest BCUT2D eigenvalue weighted by Crippen LogP contribution is 2.36. The molecular weight excluding hydrogens is 420 g/mol. The fourth-order valence-corrected chi connectivity index (χ4v) is 3.64. The highest BCUT2D eigenvalue weighted by Gasteiger charge is 2.18. The average molecular weight is 449 g/mol. The van der Waals surface area contributed by atoms with E-state index in [1.54, 1.807) is 31.4 Å². The Balaban J connectivity index is 1.57. The van der Waals surface area contributed by atoms with E-state index in [4.69, 9.17) is 23.4 Å². The van der Waals surface area contributed by atoms with Crippen LogP contribution in [0, 0.1) is 0 Å². The van der Waals surface area contributed by atoms with Crippen molar-refractivity contribution in [2.45, 2.75) is 33.6 Å². The van der Waals surface area contributed by atoms with Crippen molar-refractivity contribution in [1.29, 1.82) is 0 Å². The molecule has 1 aliphatic heterocycles. The first-order chi connectivity index (χ1) is 16.0. The predicted molar refractivity (Wildman–Crippen MR) is 129 cm³/mol. The van der Waals surface area contributed by atoms with Crippen LogP contribution in [0.3, 0.4) is 0 Å². The van der Waals surface area contributed by atoms with E-state index in [0.29, 0.717) is 51.7 Å². The summed E-state index contributed by atoms with van der Waals surface area (Å²) < 4.78 is 28.0. The van der Waals surface area contributed by atoms with Crippen LogP contribution in [0.2, 0.25) is 0 Å². The van der Waals surface area contributed by atoms with Crippen LogP contribution in [0.5, 0.6) is 23.0 Å². The molecular formula is C27H28O6. The van der Waals surface area contributed by atoms with E-state index in [-0.39, 0.29) is 12.2 Å². The van der Waals surface area contributed by atoms with Crippen molar-refractivity contribution in [2.24, 2.45) is 0 Å². The van der Waals surface area contributed by atoms with Crippen LogP contribution >= 0.6 is 0 Å². The van der Waals surface area contributed by atoms with Crippen molar-refractivity contribution in [2.75, 3.05) is 20.5 Å². The molecule has 172 valence electrons. The molecule has 0 N–H and O–H groups in total. The summed E-state index contributed by atoms with van der Waals surface area (Å²) in [5.74, 6) is 2.27. The van der Waals surface area contributed by atoms with Gasteiger partial charge in [0, 0.05) is 6.07 Å². The third-order valence-electron chi connectivity index (χ3n) is 5.50. The van der Waals surface area contributed by atoms with Crippen LogP contribution in [-0.4, -0.2) is 20.5 Å². The molecule has 4 rings (SSSR count). The molecule has 0 aliphatic carbocycles. The third kappa shape index (κ3) is 5.06. The average Bonchev–Trinajstić information content (AvgIpc) is 3.27. The molecule has 3 aromatic rings. The zero-order chi connectivity index (χ0) is 23.4. The molecule has 0 saturated carbocycles. The number of allylic oxidation sites excluding steroid dienone is 3. The Labute approximate surface area is 193 Å². The quantitative estimate of drug-likeness (QED) is 0.379. The molecule has 0 bridgehead atoms. The lowest BCUT2D eigenvalue weighted by Crippen LogP contribution is -2.06. The minimum Gasteiger partial charge on any atom is -0.493 e. The molecule has 6 nitrogen and oxygen atoms in total. The summed E-state index contributed by atoms with van der Waals surface area (Å²) >= 11 is 0. The zero-order valence-electron chi connectivity index (χ0n) is 19.4. The molecule has 0 radical (unpaired) electrons. The lowest BCUT2D eigenvalue weighted by molar-refractivity contribution is 0.174. The Bertz CT molecular complexity index is 1280. The standard InChI is InChI=1S/C27H28O6/c1-17(2)6-5-7-18(3)10-11-30-26-14-23-20(13-24(26)29-4)27(28)21(15-31-23)19-8-9-22-25(12-19)33-16-32-22/h6,8-10,12-15H,5,7,11,16H2,1-4H3. The van der Waals surface area contributed by atoms with Gasteiger partial charge in [0.15, 0.2) is 23.0 Å². The number of fused-ring (bicyclic) bond motifs is 2. The lowest BCUT2D eigenvalue weighted by Gasteiger charge is -2.11. The smallest absolute Gasteiger partial charge is 0.231 e. The van der Waals surface area contributed by atoms with Crippen molar-refractivity contribution in [3.05, 3.63) is 70.1 Å². The Morgan fingerprint density at radius 3 is 2.64 bits per heavy atom. The second-order valence-electron chi connectivity index (χ2n) is 8.23. The predicted octanol–water partition coefficient (Wildman–Crippen LogP) is 6.27. The van der Waals surface area contributed by atoms with Gasteiger partial charge in [0.05, 0.1) is 18.1 Å². The van der Waals surface area contributed by atoms with Crippen molar-refractivity contribution >= 4 is 11.0 Å². The molecule has 1 aromatic heterocycles. The van der Waals surface area contributed by atoms with E-state index in [9.17, 15) is 4.79 Å². The number of rotatable bonds is 8. The van der Waals surface area contributed by atoms with E-state index >= 15 is 0 Å². The summed E-state index contributed by atoms with van der Waals surface area (Å²) in [5, 5.41) is 0.419. The highest BCUT2D eigenvalue weighted by atomic mass is 16.7. The van der Waals surface area contributed by atoms with Gasteiger partial charge >= 0.3 is 0 Å². The van der Waals surface area contributed by atoms with Gasteiger partial charge in [-0.1, -0.05) is 23.3 Å². The van der Waals surface area contributed by atoms with Gasteiger partial charge in [0.1, 0.15) is 18.5 Å². The van der Waals surface area contributed by atoms with Crippen molar-refractivity contribution < 1.29 is 23.4 Å². The maximum absolute atomic E-state index is 13.2. The summed E-state index contributed by atoms with van der Waals surface area (Å²) in [7, 11) is 1.55. The number of methoxy groups -OCH3 is 1. The van der Waals surface area contributed by atoms with Gasteiger partial charge in [-0.15, -0.1) is 0 Å². The maximum Gasteiger partial charge on any atom is 0.231 e. The lowest BCUT2D eigenvalue weighted by atomic mass is 10.0. The largest absolute Gasteiger partial charge is 0.493 e. The number of hydrogen-bond donors (Lipinski definition) is 0. The van der Waals surface area contributed by atoms with Gasteiger partial charge in [-0.25, -0.2) is 0 Å². The molecule has 0 amide bonds. The van der Waals surface area contributed by atoms with Gasteiger partial charge < -0.3 is 23.4 Å². The van der Waals surface area contributed by atoms with Gasteiger partial charge in [0.25, 0.3) is 0 Å². The first-order valence-corrected chi connectivity index (χ1v) is 10.9. The molecule has 2 aromatic carbocycles. The Morgan fingerprint density at radius 2 is 1.85 bits per heavy atom. The van der Waals surface area contributed by atoms with Crippen LogP contribution in [0.15, 0.2) is 69.1 Å². The van der Waals surface area contributed by atoms with Crippen LogP contribution in [0.4, 0.5) is 0 Å². The van der Waals surface area contributed by atoms with Crippen molar-refractivity contribution in [3.8, 4) is 34.1 Å². The van der Waals surface area contributed by atoms with E-state index in [2.05, 4.69) is 32.9 Å². The molecule has 0 unspecified atom stereocenters. The molecule has 0 atom stereocenters. The Morgan fingerprint density at radius 1 is 1.03 bits per heavy atom. The van der Waals surface area contributed by atoms with Crippen LogP contribution in [0.25, 0.3) is 22.1 Å². The van der Waals surface area contributed by atoms with E-state index in [0.717, 1.165) is 12.8 Å². The minimum absolute atomic E-state index is 0.157. The number of ether oxygens (including phenoxy) is 4. The van der Waals surface area contributed by atoms with Gasteiger partial charge in [-0.3, -0.25) is 4.79 Å². The molecule has 33 heavy (non-hydrogen) atoms. The third-order valence-corrected chi connectivity index (χ3v) is 5.50. The molecule has 0 saturated heterocycles. The Hall–Kier alpha value is -3.67. The molecule has 0 fully saturated rings. The topological polar surface area (TPSA) is 67.1 Å². The molecule has 2 heterocycles. The monoisotopic (exact) mass is 448 g/mol. The fourth-order valence-electron chi connectivity index (χ4n) is 3.64. The first-order valence-electron chi connectivity index (χ1n) is 10.9. The number of hydrogen-bond acceptors (Lipinski definition) is 6. The summed E-state index contributed by atoms with van der Waals surface area (Å²) in [6.07, 6.45) is 7.75. The van der Waals surface area contributed by atoms with E-state index < -0.39 is 0 Å². The van der Waals surface area contributed by atoms with Crippen LogP contribution in [-0.2, 0) is 0 Å². The number of benzene rings is 2. The van der Waals surface area contributed by atoms with Crippen LogP contribution in [0.1, 0.15) is 33.6 Å². The summed E-state index contributed by atoms with van der Waals surface area (Å²) in [4.78, 5) is 13.2. The maximum atomic E-state index is 13.2. The van der Waals surface area contributed by atoms with Gasteiger partial charge in [-0.2, -0.15) is 0 Å². The van der Waals surface area contributed by atoms with E-state index in [1.807, 2.05) is 6.07 Å². The molecule has 0 spiro atoms.